The van der Waals surface area contributed by atoms with Crippen molar-refractivity contribution in [2.45, 2.75) is 19.3 Å². The Bertz CT molecular complexity index is 612. The zero-order valence-corrected chi connectivity index (χ0v) is 13.7. The maximum Gasteiger partial charge on any atom is 0.251 e. The number of carbonyl (C=O) groups is 1. The van der Waals surface area contributed by atoms with Gasteiger partial charge < -0.3 is 15.8 Å². The summed E-state index contributed by atoms with van der Waals surface area (Å²) >= 11 is 5.79. The summed E-state index contributed by atoms with van der Waals surface area (Å²) in [6, 6.07) is 14.2. The molecule has 0 aromatic heterocycles. The fraction of sp³-hybridized carbons (Fsp3) is 0.278. The predicted molar refractivity (Wildman–Crippen MR) is 94.0 cm³/mol. The van der Waals surface area contributed by atoms with Gasteiger partial charge in [0.25, 0.3) is 5.91 Å². The quantitative estimate of drug-likeness (QED) is 0.569. The van der Waals surface area contributed by atoms with E-state index in [0.717, 1.165) is 30.7 Å². The summed E-state index contributed by atoms with van der Waals surface area (Å²) < 4.78 is 5.61. The highest BCUT2D eigenvalue weighted by molar-refractivity contribution is 6.30. The van der Waals surface area contributed by atoms with Crippen molar-refractivity contribution in [3.05, 3.63) is 59.1 Å². The molecule has 23 heavy (non-hydrogen) atoms. The molecule has 0 aliphatic heterocycles. The van der Waals surface area contributed by atoms with Crippen molar-refractivity contribution >= 4 is 23.2 Å². The van der Waals surface area contributed by atoms with Crippen LogP contribution in [0.15, 0.2) is 48.5 Å². The molecule has 2 rings (SSSR count). The maximum atomic E-state index is 11.9. The van der Waals surface area contributed by atoms with Crippen LogP contribution in [0.5, 0.6) is 5.75 Å². The Kier molecular flexibility index (Phi) is 6.76. The molecule has 0 heterocycles. The molecule has 0 unspecified atom stereocenters. The topological polar surface area (TPSA) is 64.3 Å². The van der Waals surface area contributed by atoms with Crippen molar-refractivity contribution in [2.75, 3.05) is 18.9 Å². The van der Waals surface area contributed by atoms with Gasteiger partial charge in [0.2, 0.25) is 0 Å². The molecule has 5 heteroatoms. The van der Waals surface area contributed by atoms with Gasteiger partial charge in [-0.2, -0.15) is 0 Å². The first-order valence-electron chi connectivity index (χ1n) is 7.67. The second-order valence-electron chi connectivity index (χ2n) is 5.24. The van der Waals surface area contributed by atoms with Gasteiger partial charge >= 0.3 is 0 Å². The van der Waals surface area contributed by atoms with Gasteiger partial charge in [0.05, 0.1) is 6.61 Å². The standard InChI is InChI=1S/C18H21ClN2O2/c19-15-6-4-14(5-7-15)18(22)21-12-2-1-3-13-23-17-10-8-16(20)9-11-17/h4-11H,1-3,12-13,20H2,(H,21,22). The number of halogens is 1. The molecule has 0 aliphatic carbocycles. The summed E-state index contributed by atoms with van der Waals surface area (Å²) in [4.78, 5) is 11.9. The number of hydrogen-bond donors (Lipinski definition) is 2. The third kappa shape index (κ3) is 6.20. The van der Waals surface area contributed by atoms with E-state index in [9.17, 15) is 4.79 Å². The van der Waals surface area contributed by atoms with E-state index in [1.54, 1.807) is 24.3 Å². The van der Waals surface area contributed by atoms with Gasteiger partial charge in [0.1, 0.15) is 5.75 Å². The lowest BCUT2D eigenvalue weighted by molar-refractivity contribution is 0.0953. The molecule has 0 bridgehead atoms. The summed E-state index contributed by atoms with van der Waals surface area (Å²) in [5, 5.41) is 3.52. The van der Waals surface area contributed by atoms with Crippen LogP contribution in [0, 0.1) is 0 Å². The van der Waals surface area contributed by atoms with Crippen LogP contribution in [0.25, 0.3) is 0 Å². The number of unbranched alkanes of at least 4 members (excludes halogenated alkanes) is 2. The van der Waals surface area contributed by atoms with Gasteiger partial charge in [-0.3, -0.25) is 4.79 Å². The fourth-order valence-electron chi connectivity index (χ4n) is 2.06. The fourth-order valence-corrected chi connectivity index (χ4v) is 2.19. The van der Waals surface area contributed by atoms with E-state index in [1.165, 1.54) is 0 Å². The van der Waals surface area contributed by atoms with E-state index in [0.29, 0.717) is 23.7 Å². The third-order valence-corrected chi connectivity index (χ3v) is 3.61. The zero-order valence-electron chi connectivity index (χ0n) is 12.9. The monoisotopic (exact) mass is 332 g/mol. The molecule has 122 valence electrons. The molecule has 0 aliphatic rings. The van der Waals surface area contributed by atoms with Crippen LogP contribution >= 0.6 is 11.6 Å². The van der Waals surface area contributed by atoms with E-state index < -0.39 is 0 Å². The maximum absolute atomic E-state index is 11.9. The molecule has 0 fully saturated rings. The zero-order chi connectivity index (χ0) is 16.5. The van der Waals surface area contributed by atoms with Crippen molar-refractivity contribution in [1.82, 2.24) is 5.32 Å². The Morgan fingerprint density at radius 3 is 2.39 bits per heavy atom. The van der Waals surface area contributed by atoms with Crippen molar-refractivity contribution in [2.24, 2.45) is 0 Å². The molecule has 4 nitrogen and oxygen atoms in total. The van der Waals surface area contributed by atoms with E-state index >= 15 is 0 Å². The van der Waals surface area contributed by atoms with Gasteiger partial charge in [0.15, 0.2) is 0 Å². The molecule has 0 radical (unpaired) electrons. The van der Waals surface area contributed by atoms with Crippen LogP contribution in [-0.2, 0) is 0 Å². The number of nitrogens with one attached hydrogen (secondary N) is 1. The molecule has 0 atom stereocenters. The number of rotatable bonds is 8. The normalized spacial score (nSPS) is 10.3. The number of nitrogen functional groups attached to an aromatic ring is 1. The highest BCUT2D eigenvalue weighted by Crippen LogP contribution is 2.13. The SMILES string of the molecule is Nc1ccc(OCCCCCNC(=O)c2ccc(Cl)cc2)cc1. The largest absolute Gasteiger partial charge is 0.494 e. The number of hydrogen-bond acceptors (Lipinski definition) is 3. The van der Waals surface area contributed by atoms with E-state index in [1.807, 2.05) is 24.3 Å². The Balaban J connectivity index is 1.54. The first-order chi connectivity index (χ1) is 11.1. The second kappa shape index (κ2) is 9.06. The van der Waals surface area contributed by atoms with Crippen LogP contribution in [0.3, 0.4) is 0 Å². The van der Waals surface area contributed by atoms with Crippen molar-refractivity contribution in [3.63, 3.8) is 0 Å². The smallest absolute Gasteiger partial charge is 0.251 e. The average Bonchev–Trinajstić information content (AvgIpc) is 2.56. The van der Waals surface area contributed by atoms with E-state index in [2.05, 4.69) is 5.32 Å². The molecular weight excluding hydrogens is 312 g/mol. The Morgan fingerprint density at radius 2 is 1.70 bits per heavy atom. The van der Waals surface area contributed by atoms with Gasteiger partial charge in [0, 0.05) is 22.8 Å². The Hall–Kier alpha value is -2.20. The molecule has 1 amide bonds. The number of nitrogens with two attached hydrogens (primary N) is 1. The van der Waals surface area contributed by atoms with Crippen LogP contribution in [0.2, 0.25) is 5.02 Å². The van der Waals surface area contributed by atoms with Gasteiger partial charge in [-0.1, -0.05) is 11.6 Å². The van der Waals surface area contributed by atoms with Gasteiger partial charge in [-0.25, -0.2) is 0 Å². The summed E-state index contributed by atoms with van der Waals surface area (Å²) in [6.45, 7) is 1.32. The number of carbonyl (C=O) groups excluding carboxylic acids is 1. The molecule has 0 saturated carbocycles. The lowest BCUT2D eigenvalue weighted by Gasteiger charge is -2.07. The van der Waals surface area contributed by atoms with Crippen LogP contribution < -0.4 is 15.8 Å². The van der Waals surface area contributed by atoms with Gasteiger partial charge in [-0.15, -0.1) is 0 Å². The number of amides is 1. The first-order valence-corrected chi connectivity index (χ1v) is 8.05. The minimum atomic E-state index is -0.0696. The number of benzene rings is 2. The highest BCUT2D eigenvalue weighted by atomic mass is 35.5. The van der Waals surface area contributed by atoms with E-state index in [-0.39, 0.29) is 5.91 Å². The molecule has 0 spiro atoms. The Morgan fingerprint density at radius 1 is 1.00 bits per heavy atom. The summed E-state index contributed by atoms with van der Waals surface area (Å²) in [7, 11) is 0. The summed E-state index contributed by atoms with van der Waals surface area (Å²) in [5.74, 6) is 0.759. The van der Waals surface area contributed by atoms with Crippen LogP contribution in [0.4, 0.5) is 5.69 Å². The van der Waals surface area contributed by atoms with Crippen LogP contribution in [-0.4, -0.2) is 19.1 Å². The average molecular weight is 333 g/mol. The second-order valence-corrected chi connectivity index (χ2v) is 5.68. The molecular formula is C18H21ClN2O2. The number of ether oxygens (including phenoxy) is 1. The molecule has 0 saturated heterocycles. The minimum Gasteiger partial charge on any atom is -0.494 e. The minimum absolute atomic E-state index is 0.0696. The van der Waals surface area contributed by atoms with Crippen molar-refractivity contribution in [3.8, 4) is 5.75 Å². The summed E-state index contributed by atoms with van der Waals surface area (Å²) in [5.41, 5.74) is 6.97. The van der Waals surface area contributed by atoms with Crippen LogP contribution in [0.1, 0.15) is 29.6 Å². The number of anilines is 1. The molecule has 2 aromatic carbocycles. The van der Waals surface area contributed by atoms with Crippen molar-refractivity contribution < 1.29 is 9.53 Å². The predicted octanol–water partition coefficient (Wildman–Crippen LogP) is 3.90. The van der Waals surface area contributed by atoms with E-state index in [4.69, 9.17) is 22.1 Å². The highest BCUT2D eigenvalue weighted by Gasteiger charge is 2.03. The molecule has 2 aromatic rings. The molecule has 3 N–H and O–H groups in total. The summed E-state index contributed by atoms with van der Waals surface area (Å²) in [6.07, 6.45) is 2.86. The lowest BCUT2D eigenvalue weighted by atomic mass is 10.2. The van der Waals surface area contributed by atoms with Gasteiger partial charge in [-0.05, 0) is 67.8 Å². The first kappa shape index (κ1) is 17.2. The third-order valence-electron chi connectivity index (χ3n) is 3.36. The van der Waals surface area contributed by atoms with Crippen molar-refractivity contribution in [1.29, 1.82) is 0 Å². The lowest BCUT2D eigenvalue weighted by Crippen LogP contribution is -2.24. The Labute approximate surface area is 141 Å².